The average Bonchev–Trinajstić information content (AvgIpc) is 1.89. The van der Waals surface area contributed by atoms with E-state index in [9.17, 15) is 4.79 Å². The van der Waals surface area contributed by atoms with E-state index < -0.39 is 0 Å². The SMILES string of the molecule is C=CCO.CN(C)C=O. The van der Waals surface area contributed by atoms with Crippen molar-refractivity contribution in [3.05, 3.63) is 12.7 Å². The molecule has 0 unspecified atom stereocenters. The highest BCUT2D eigenvalue weighted by Gasteiger charge is 1.68. The highest BCUT2D eigenvalue weighted by molar-refractivity contribution is 5.45. The van der Waals surface area contributed by atoms with Crippen LogP contribution in [-0.2, 0) is 4.79 Å². The summed E-state index contributed by atoms with van der Waals surface area (Å²) in [5.74, 6) is 0. The monoisotopic (exact) mass is 131 g/mol. The van der Waals surface area contributed by atoms with Crippen molar-refractivity contribution in [1.82, 2.24) is 4.90 Å². The molecular weight excluding hydrogens is 118 g/mol. The van der Waals surface area contributed by atoms with E-state index in [2.05, 4.69) is 6.58 Å². The fourth-order valence-corrected chi connectivity index (χ4v) is 0. The maximum atomic E-state index is 9.43. The lowest BCUT2D eigenvalue weighted by Crippen LogP contribution is -2.06. The number of carbonyl (C=O) groups excluding carboxylic acids is 1. The average molecular weight is 131 g/mol. The van der Waals surface area contributed by atoms with Crippen LogP contribution in [0.1, 0.15) is 0 Å². The first-order valence-corrected chi connectivity index (χ1v) is 2.52. The van der Waals surface area contributed by atoms with Gasteiger partial charge in [0.25, 0.3) is 0 Å². The number of rotatable bonds is 2. The molecule has 54 valence electrons. The lowest BCUT2D eigenvalue weighted by atomic mass is 10.7. The van der Waals surface area contributed by atoms with Crippen LogP contribution in [0.4, 0.5) is 0 Å². The summed E-state index contributed by atoms with van der Waals surface area (Å²) in [5, 5.41) is 7.76. The van der Waals surface area contributed by atoms with Crippen LogP contribution in [0.25, 0.3) is 0 Å². The number of nitrogens with zero attached hydrogens (tertiary/aromatic N) is 1. The smallest absolute Gasteiger partial charge is 0.209 e. The minimum absolute atomic E-state index is 0.0833. The summed E-state index contributed by atoms with van der Waals surface area (Å²) in [5.41, 5.74) is 0. The van der Waals surface area contributed by atoms with Gasteiger partial charge in [-0.3, -0.25) is 4.79 Å². The van der Waals surface area contributed by atoms with Gasteiger partial charge in [-0.1, -0.05) is 6.08 Å². The third-order valence-corrected chi connectivity index (χ3v) is 0.340. The van der Waals surface area contributed by atoms with E-state index in [-0.39, 0.29) is 6.61 Å². The minimum Gasteiger partial charge on any atom is -0.392 e. The van der Waals surface area contributed by atoms with Gasteiger partial charge in [0.2, 0.25) is 6.41 Å². The predicted octanol–water partition coefficient (Wildman–Crippen LogP) is -0.131. The molecule has 0 radical (unpaired) electrons. The molecule has 0 aromatic rings. The highest BCUT2D eigenvalue weighted by atomic mass is 16.2. The van der Waals surface area contributed by atoms with Crippen molar-refractivity contribution >= 4 is 6.41 Å². The molecule has 0 saturated heterocycles. The molecule has 0 heterocycles. The molecule has 0 aliphatic rings. The summed E-state index contributed by atoms with van der Waals surface area (Å²) in [6.45, 7) is 3.31. The first-order chi connectivity index (χ1) is 4.18. The summed E-state index contributed by atoms with van der Waals surface area (Å²) in [6.07, 6.45) is 2.18. The van der Waals surface area contributed by atoms with Gasteiger partial charge >= 0.3 is 0 Å². The van der Waals surface area contributed by atoms with Gasteiger partial charge in [0.05, 0.1) is 6.61 Å². The first kappa shape index (κ1) is 11.0. The van der Waals surface area contributed by atoms with Crippen LogP contribution in [0, 0.1) is 0 Å². The maximum absolute atomic E-state index is 9.43. The summed E-state index contributed by atoms with van der Waals surface area (Å²) in [6, 6.07) is 0. The Kier molecular flexibility index (Phi) is 12.5. The largest absolute Gasteiger partial charge is 0.392 e. The lowest BCUT2D eigenvalue weighted by Gasteiger charge is -1.93. The molecule has 3 nitrogen and oxygen atoms in total. The van der Waals surface area contributed by atoms with Gasteiger partial charge < -0.3 is 10.0 Å². The number of hydrogen-bond donors (Lipinski definition) is 1. The van der Waals surface area contributed by atoms with Crippen molar-refractivity contribution in [2.75, 3.05) is 20.7 Å². The Morgan fingerprint density at radius 3 is 1.89 bits per heavy atom. The van der Waals surface area contributed by atoms with Gasteiger partial charge in [0, 0.05) is 14.1 Å². The van der Waals surface area contributed by atoms with E-state index >= 15 is 0 Å². The van der Waals surface area contributed by atoms with Crippen LogP contribution in [-0.4, -0.2) is 37.1 Å². The van der Waals surface area contributed by atoms with Crippen molar-refractivity contribution in [2.24, 2.45) is 0 Å². The highest BCUT2D eigenvalue weighted by Crippen LogP contribution is 1.52. The predicted molar refractivity (Wildman–Crippen MR) is 37.0 cm³/mol. The van der Waals surface area contributed by atoms with Crippen LogP contribution < -0.4 is 0 Å². The van der Waals surface area contributed by atoms with Gasteiger partial charge in [0.1, 0.15) is 0 Å². The number of carbonyl (C=O) groups is 1. The lowest BCUT2D eigenvalue weighted by molar-refractivity contribution is -0.115. The second-order valence-electron chi connectivity index (χ2n) is 1.54. The van der Waals surface area contributed by atoms with E-state index in [4.69, 9.17) is 5.11 Å². The van der Waals surface area contributed by atoms with Crippen molar-refractivity contribution < 1.29 is 9.90 Å². The zero-order valence-electron chi connectivity index (χ0n) is 5.87. The zero-order chi connectivity index (χ0) is 7.70. The van der Waals surface area contributed by atoms with Crippen LogP contribution >= 0.6 is 0 Å². The van der Waals surface area contributed by atoms with E-state index in [1.165, 1.54) is 11.0 Å². The van der Waals surface area contributed by atoms with Gasteiger partial charge in [-0.25, -0.2) is 0 Å². The van der Waals surface area contributed by atoms with Crippen LogP contribution in [0.2, 0.25) is 0 Å². The molecule has 0 atom stereocenters. The van der Waals surface area contributed by atoms with E-state index in [1.54, 1.807) is 14.1 Å². The third-order valence-electron chi connectivity index (χ3n) is 0.340. The van der Waals surface area contributed by atoms with E-state index in [0.717, 1.165) is 6.41 Å². The summed E-state index contributed by atoms with van der Waals surface area (Å²) >= 11 is 0. The summed E-state index contributed by atoms with van der Waals surface area (Å²) in [7, 11) is 3.38. The number of hydrogen-bond acceptors (Lipinski definition) is 2. The van der Waals surface area contributed by atoms with Crippen molar-refractivity contribution in [2.45, 2.75) is 0 Å². The fraction of sp³-hybridized carbons (Fsp3) is 0.500. The molecule has 1 amide bonds. The second-order valence-corrected chi connectivity index (χ2v) is 1.54. The Balaban J connectivity index is 0. The first-order valence-electron chi connectivity index (χ1n) is 2.52. The molecule has 1 N–H and O–H groups in total. The molecule has 0 aliphatic heterocycles. The molecule has 0 spiro atoms. The molecule has 0 rings (SSSR count). The molecule has 0 fully saturated rings. The fourth-order valence-electron chi connectivity index (χ4n) is 0. The van der Waals surface area contributed by atoms with E-state index in [0.29, 0.717) is 0 Å². The zero-order valence-corrected chi connectivity index (χ0v) is 5.87. The van der Waals surface area contributed by atoms with Crippen LogP contribution in [0.5, 0.6) is 0 Å². The molecule has 9 heavy (non-hydrogen) atoms. The normalized spacial score (nSPS) is 6.56. The molecule has 0 aliphatic carbocycles. The summed E-state index contributed by atoms with van der Waals surface area (Å²) in [4.78, 5) is 10.9. The molecule has 0 bridgehead atoms. The van der Waals surface area contributed by atoms with Gasteiger partial charge in [0.15, 0.2) is 0 Å². The standard InChI is InChI=1S/C3H7NO.C3H6O/c1-4(2)3-5;1-2-3-4/h3H,1-2H3;2,4H,1,3H2. The number of aliphatic hydroxyl groups is 1. The molecule has 0 saturated carbocycles. The van der Waals surface area contributed by atoms with Crippen molar-refractivity contribution in [3.8, 4) is 0 Å². The van der Waals surface area contributed by atoms with Gasteiger partial charge in [-0.2, -0.15) is 0 Å². The minimum atomic E-state index is 0.0833. The van der Waals surface area contributed by atoms with E-state index in [1.807, 2.05) is 0 Å². The Morgan fingerprint density at radius 2 is 1.89 bits per heavy atom. The van der Waals surface area contributed by atoms with Crippen LogP contribution in [0.3, 0.4) is 0 Å². The maximum Gasteiger partial charge on any atom is 0.209 e. The topological polar surface area (TPSA) is 40.5 Å². The molecule has 0 aromatic carbocycles. The Morgan fingerprint density at radius 1 is 1.67 bits per heavy atom. The molecular formula is C6H13NO2. The quantitative estimate of drug-likeness (QED) is 0.419. The third kappa shape index (κ3) is 40.7. The molecule has 3 heteroatoms. The van der Waals surface area contributed by atoms with Crippen molar-refractivity contribution in [3.63, 3.8) is 0 Å². The Hall–Kier alpha value is -0.830. The van der Waals surface area contributed by atoms with Gasteiger partial charge in [-0.15, -0.1) is 6.58 Å². The number of aliphatic hydroxyl groups excluding tert-OH is 1. The summed E-state index contributed by atoms with van der Waals surface area (Å²) < 4.78 is 0. The number of amides is 1. The Labute approximate surface area is 55.6 Å². The molecule has 0 aromatic heterocycles. The Bertz CT molecular complexity index is 71.5. The van der Waals surface area contributed by atoms with Gasteiger partial charge in [-0.05, 0) is 0 Å². The second kappa shape index (κ2) is 10.2. The van der Waals surface area contributed by atoms with Crippen LogP contribution in [0.15, 0.2) is 12.7 Å². The van der Waals surface area contributed by atoms with Crippen molar-refractivity contribution in [1.29, 1.82) is 0 Å².